The number of nitrogens with one attached hydrogen (secondary N) is 1. The van der Waals surface area contributed by atoms with Crippen molar-refractivity contribution in [1.29, 1.82) is 0 Å². The molecule has 0 atom stereocenters. The number of carbonyl (C=O) groups excluding carboxylic acids is 1. The first-order valence-electron chi connectivity index (χ1n) is 9.25. The molecule has 3 aromatic carbocycles. The van der Waals surface area contributed by atoms with Gasteiger partial charge < -0.3 is 10.5 Å². The number of anilines is 1. The predicted molar refractivity (Wildman–Crippen MR) is 122 cm³/mol. The van der Waals surface area contributed by atoms with E-state index in [1.54, 1.807) is 0 Å². The Kier molecular flexibility index (Phi) is 6.26. The largest absolute Gasteiger partial charge is 0.412 e. The van der Waals surface area contributed by atoms with Gasteiger partial charge in [0.05, 0.1) is 21.8 Å². The number of aromatic nitrogens is 2. The van der Waals surface area contributed by atoms with Gasteiger partial charge >= 0.3 is 12.1 Å². The van der Waals surface area contributed by atoms with E-state index in [9.17, 15) is 17.6 Å². The highest BCUT2D eigenvalue weighted by atomic mass is 35.5. The maximum atomic E-state index is 15.4. The fourth-order valence-corrected chi connectivity index (χ4v) is 4.90. The minimum Gasteiger partial charge on any atom is -0.374 e. The highest BCUT2D eigenvalue weighted by molar-refractivity contribution is 7.92. The molecule has 0 saturated carbocycles. The van der Waals surface area contributed by atoms with E-state index >= 15 is 4.39 Å². The number of amides is 1. The van der Waals surface area contributed by atoms with Crippen LogP contribution in [-0.4, -0.2) is 24.5 Å². The number of rotatable bonds is 5. The molecule has 34 heavy (non-hydrogen) atoms. The van der Waals surface area contributed by atoms with Gasteiger partial charge in [0, 0.05) is 16.6 Å². The summed E-state index contributed by atoms with van der Waals surface area (Å²) in [5.74, 6) is -2.13. The zero-order valence-electron chi connectivity index (χ0n) is 16.7. The average molecular weight is 525 g/mol. The van der Waals surface area contributed by atoms with Gasteiger partial charge in [0.15, 0.2) is 5.82 Å². The highest BCUT2D eigenvalue weighted by Crippen LogP contribution is 2.34. The van der Waals surface area contributed by atoms with Crippen LogP contribution >= 0.6 is 23.2 Å². The summed E-state index contributed by atoms with van der Waals surface area (Å²) < 4.78 is 62.3. The first kappa shape index (κ1) is 23.6. The molecule has 4 aromatic rings. The lowest BCUT2D eigenvalue weighted by atomic mass is 10.0. The molecule has 3 N–H and O–H groups in total. The summed E-state index contributed by atoms with van der Waals surface area (Å²) in [6.07, 6.45) is 0.198. The Balaban J connectivity index is 1.78. The molecule has 0 radical (unpaired) electrons. The van der Waals surface area contributed by atoms with Gasteiger partial charge in [0.2, 0.25) is 0 Å². The predicted octanol–water partition coefficient (Wildman–Crippen LogP) is 5.14. The third-order valence-electron chi connectivity index (χ3n) is 4.56. The van der Waals surface area contributed by atoms with E-state index in [0.717, 1.165) is 18.2 Å². The Bertz CT molecular complexity index is 1570. The zero-order valence-corrected chi connectivity index (χ0v) is 19.0. The summed E-state index contributed by atoms with van der Waals surface area (Å²) in [4.78, 5) is 18.3. The molecule has 1 heterocycles. The van der Waals surface area contributed by atoms with E-state index in [2.05, 4.69) is 19.4 Å². The van der Waals surface area contributed by atoms with Crippen LogP contribution in [0.3, 0.4) is 0 Å². The number of nitrogens with two attached hydrogens (primary N) is 1. The van der Waals surface area contributed by atoms with Gasteiger partial charge in [-0.2, -0.15) is 4.98 Å². The maximum Gasteiger partial charge on any atom is 0.412 e. The molecule has 0 spiro atoms. The summed E-state index contributed by atoms with van der Waals surface area (Å²) in [6.45, 7) is 0. The van der Waals surface area contributed by atoms with Crippen LogP contribution in [0, 0.1) is 11.6 Å². The van der Waals surface area contributed by atoms with Gasteiger partial charge in [-0.25, -0.2) is 27.0 Å². The monoisotopic (exact) mass is 524 g/mol. The van der Waals surface area contributed by atoms with Gasteiger partial charge in [0.25, 0.3) is 10.0 Å². The molecule has 0 bridgehead atoms. The topological polar surface area (TPSA) is 124 Å². The van der Waals surface area contributed by atoms with E-state index in [-0.39, 0.29) is 32.0 Å². The van der Waals surface area contributed by atoms with Crippen LogP contribution in [0.25, 0.3) is 22.0 Å². The van der Waals surface area contributed by atoms with Gasteiger partial charge in [-0.1, -0.05) is 35.3 Å². The van der Waals surface area contributed by atoms with Crippen LogP contribution in [0.5, 0.6) is 6.01 Å². The Morgan fingerprint density at radius 1 is 1.06 bits per heavy atom. The second-order valence-electron chi connectivity index (χ2n) is 6.81. The number of hydrogen-bond acceptors (Lipinski definition) is 6. The lowest BCUT2D eigenvalue weighted by Crippen LogP contribution is -2.17. The molecule has 0 aliphatic rings. The fourth-order valence-electron chi connectivity index (χ4n) is 3.08. The number of benzene rings is 3. The first-order chi connectivity index (χ1) is 16.0. The summed E-state index contributed by atoms with van der Waals surface area (Å²) in [5.41, 5.74) is 4.13. The van der Waals surface area contributed by atoms with Gasteiger partial charge in [-0.3, -0.25) is 4.72 Å². The average Bonchev–Trinajstić information content (AvgIpc) is 2.77. The molecule has 174 valence electrons. The molecular formula is C21H12Cl2F2N4O4S. The van der Waals surface area contributed by atoms with Crippen LogP contribution in [0.1, 0.15) is 0 Å². The quantitative estimate of drug-likeness (QED) is 0.372. The summed E-state index contributed by atoms with van der Waals surface area (Å²) >= 11 is 11.8. The van der Waals surface area contributed by atoms with Crippen molar-refractivity contribution < 1.29 is 26.7 Å². The first-order valence-corrected chi connectivity index (χ1v) is 11.5. The standard InChI is InChI=1S/C21H12Cl2F2N4O4S/c22-12-3-4-13(23)17(8-12)34(31,32)29-15-6-5-14(24)18(19(15)25)10-1-2-11-9-27-21(33-20(26)30)28-16(11)7-10/h1-9,29H,(H2,26,30). The minimum absolute atomic E-state index is 0.0352. The number of sulfonamides is 1. The van der Waals surface area contributed by atoms with Crippen molar-refractivity contribution in [1.82, 2.24) is 9.97 Å². The second kappa shape index (κ2) is 9.01. The van der Waals surface area contributed by atoms with Crippen molar-refractivity contribution in [3.05, 3.63) is 76.4 Å². The number of fused-ring (bicyclic) bond motifs is 1. The molecule has 0 unspecified atom stereocenters. The van der Waals surface area contributed by atoms with Gasteiger partial charge in [-0.15, -0.1) is 0 Å². The van der Waals surface area contributed by atoms with E-state index in [1.165, 1.54) is 36.5 Å². The number of nitrogens with zero attached hydrogens (tertiary/aromatic N) is 2. The molecule has 0 aliphatic heterocycles. The molecular weight excluding hydrogens is 513 g/mol. The van der Waals surface area contributed by atoms with E-state index < -0.39 is 39.0 Å². The van der Waals surface area contributed by atoms with Crippen LogP contribution in [0.2, 0.25) is 10.0 Å². The van der Waals surface area contributed by atoms with E-state index in [4.69, 9.17) is 28.9 Å². The fraction of sp³-hybridized carbons (Fsp3) is 0. The Morgan fingerprint density at radius 2 is 1.82 bits per heavy atom. The van der Waals surface area contributed by atoms with Crippen molar-refractivity contribution in [2.75, 3.05) is 4.72 Å². The van der Waals surface area contributed by atoms with Crippen molar-refractivity contribution >= 4 is 55.9 Å². The molecule has 8 nitrogen and oxygen atoms in total. The maximum absolute atomic E-state index is 15.4. The minimum atomic E-state index is -4.36. The van der Waals surface area contributed by atoms with Crippen molar-refractivity contribution in [2.45, 2.75) is 4.90 Å². The van der Waals surface area contributed by atoms with Gasteiger partial charge in [0.1, 0.15) is 10.7 Å². The Labute approximate surface area is 201 Å². The summed E-state index contributed by atoms with van der Waals surface area (Å²) in [6, 6.07) is 9.46. The molecule has 13 heteroatoms. The van der Waals surface area contributed by atoms with Crippen molar-refractivity contribution in [3.63, 3.8) is 0 Å². The van der Waals surface area contributed by atoms with Crippen molar-refractivity contribution in [2.24, 2.45) is 5.73 Å². The normalized spacial score (nSPS) is 11.4. The molecule has 0 fully saturated rings. The smallest absolute Gasteiger partial charge is 0.374 e. The third kappa shape index (κ3) is 4.72. The molecule has 4 rings (SSSR count). The number of ether oxygens (including phenoxy) is 1. The Morgan fingerprint density at radius 3 is 2.56 bits per heavy atom. The third-order valence-corrected chi connectivity index (χ3v) is 6.64. The van der Waals surface area contributed by atoms with Crippen LogP contribution in [-0.2, 0) is 10.0 Å². The number of hydrogen-bond donors (Lipinski definition) is 2. The second-order valence-corrected chi connectivity index (χ2v) is 9.31. The zero-order chi connectivity index (χ0) is 24.6. The molecule has 0 aliphatic carbocycles. The van der Waals surface area contributed by atoms with Crippen molar-refractivity contribution in [3.8, 4) is 17.1 Å². The summed E-state index contributed by atoms with van der Waals surface area (Å²) in [7, 11) is -4.36. The highest BCUT2D eigenvalue weighted by Gasteiger charge is 2.23. The number of primary amides is 1. The molecule has 1 amide bonds. The number of carbonyl (C=O) groups is 1. The molecule has 1 aromatic heterocycles. The van der Waals surface area contributed by atoms with Crippen LogP contribution < -0.4 is 15.2 Å². The SMILES string of the molecule is NC(=O)Oc1ncc2ccc(-c3c(F)ccc(NS(=O)(=O)c4cc(Cl)ccc4Cl)c3F)cc2n1. The van der Waals surface area contributed by atoms with Gasteiger partial charge in [-0.05, 0) is 42.0 Å². The summed E-state index contributed by atoms with van der Waals surface area (Å²) in [5, 5.41) is 0.444. The van der Waals surface area contributed by atoms with Crippen LogP contribution in [0.15, 0.2) is 59.6 Å². The van der Waals surface area contributed by atoms with E-state index in [1.807, 2.05) is 0 Å². The molecule has 0 saturated heterocycles. The number of halogens is 4. The Hall–Kier alpha value is -3.54. The lowest BCUT2D eigenvalue weighted by molar-refractivity contribution is 0.207. The van der Waals surface area contributed by atoms with E-state index in [0.29, 0.717) is 5.39 Å². The lowest BCUT2D eigenvalue weighted by Gasteiger charge is -2.14. The van der Waals surface area contributed by atoms with Crippen LogP contribution in [0.4, 0.5) is 19.3 Å².